The van der Waals surface area contributed by atoms with Crippen LogP contribution in [0.3, 0.4) is 0 Å². The Kier molecular flexibility index (Phi) is 10.3. The Morgan fingerprint density at radius 2 is 1.32 bits per heavy atom. The minimum Gasteiger partial charge on any atom is -0.491 e. The van der Waals surface area contributed by atoms with Gasteiger partial charge in [-0.2, -0.15) is 4.39 Å². The zero-order valence-corrected chi connectivity index (χ0v) is 22.8. The number of hydrogen-bond donors (Lipinski definition) is 0. The monoisotopic (exact) mass is 514 g/mol. The van der Waals surface area contributed by atoms with E-state index in [0.717, 1.165) is 51.4 Å². The van der Waals surface area contributed by atoms with Crippen molar-refractivity contribution in [2.45, 2.75) is 71.1 Å². The van der Waals surface area contributed by atoms with Crippen LogP contribution in [-0.4, -0.2) is 6.61 Å². The first-order valence-electron chi connectivity index (χ1n) is 14.2. The molecule has 38 heavy (non-hydrogen) atoms. The molecule has 200 valence electrons. The molecule has 3 aromatic rings. The molecule has 0 atom stereocenters. The smallest absolute Gasteiger partial charge is 0.200 e. The van der Waals surface area contributed by atoms with Crippen LogP contribution < -0.4 is 4.74 Å². The van der Waals surface area contributed by atoms with Crippen LogP contribution in [0.25, 0.3) is 11.1 Å². The third-order valence-corrected chi connectivity index (χ3v) is 7.67. The van der Waals surface area contributed by atoms with Crippen molar-refractivity contribution in [3.63, 3.8) is 0 Å². The third-order valence-electron chi connectivity index (χ3n) is 7.67. The predicted molar refractivity (Wildman–Crippen MR) is 155 cm³/mol. The molecule has 3 aromatic carbocycles. The van der Waals surface area contributed by atoms with Gasteiger partial charge >= 0.3 is 0 Å². The second-order valence-corrected chi connectivity index (χ2v) is 10.3. The van der Waals surface area contributed by atoms with Crippen molar-refractivity contribution < 1.29 is 13.5 Å². The SMILES string of the molecule is C/C=C/CCc1ccc(-c2ccc(CC/C=C/C3CCC(c4ccc(OCC)c(F)c4F)CC3)cc2)cc1. The molecular formula is C35H40F2O. The summed E-state index contributed by atoms with van der Waals surface area (Å²) in [6.45, 7) is 4.16. The van der Waals surface area contributed by atoms with Crippen molar-refractivity contribution in [3.05, 3.63) is 113 Å². The Balaban J connectivity index is 1.21. The molecule has 0 aliphatic heterocycles. The van der Waals surface area contributed by atoms with Gasteiger partial charge in [-0.05, 0) is 111 Å². The van der Waals surface area contributed by atoms with Gasteiger partial charge in [0.1, 0.15) is 0 Å². The summed E-state index contributed by atoms with van der Waals surface area (Å²) in [5.74, 6) is -0.987. The molecule has 0 N–H and O–H groups in total. The van der Waals surface area contributed by atoms with E-state index in [1.54, 1.807) is 19.1 Å². The second-order valence-electron chi connectivity index (χ2n) is 10.3. The van der Waals surface area contributed by atoms with Crippen LogP contribution in [-0.2, 0) is 12.8 Å². The van der Waals surface area contributed by atoms with E-state index in [2.05, 4.69) is 79.8 Å². The molecule has 0 amide bonds. The van der Waals surface area contributed by atoms with Crippen LogP contribution in [0.2, 0.25) is 0 Å². The molecule has 0 saturated heterocycles. The van der Waals surface area contributed by atoms with Crippen molar-refractivity contribution in [2.75, 3.05) is 6.61 Å². The van der Waals surface area contributed by atoms with E-state index in [-0.39, 0.29) is 11.7 Å². The first-order chi connectivity index (χ1) is 18.6. The predicted octanol–water partition coefficient (Wildman–Crippen LogP) is 10.0. The Hall–Kier alpha value is -3.20. The molecule has 1 aliphatic rings. The Morgan fingerprint density at radius 1 is 0.737 bits per heavy atom. The lowest BCUT2D eigenvalue weighted by Gasteiger charge is -2.27. The van der Waals surface area contributed by atoms with E-state index >= 15 is 0 Å². The van der Waals surface area contributed by atoms with Gasteiger partial charge in [-0.15, -0.1) is 0 Å². The fourth-order valence-corrected chi connectivity index (χ4v) is 5.43. The maximum absolute atomic E-state index is 14.6. The highest BCUT2D eigenvalue weighted by molar-refractivity contribution is 5.64. The molecule has 0 spiro atoms. The molecular weight excluding hydrogens is 474 g/mol. The van der Waals surface area contributed by atoms with Crippen LogP contribution in [0.4, 0.5) is 8.78 Å². The fourth-order valence-electron chi connectivity index (χ4n) is 5.43. The normalized spacial score (nSPS) is 17.9. The summed E-state index contributed by atoms with van der Waals surface area (Å²) < 4.78 is 34.1. The number of hydrogen-bond acceptors (Lipinski definition) is 1. The first-order valence-corrected chi connectivity index (χ1v) is 14.2. The fraction of sp³-hybridized carbons (Fsp3) is 0.371. The molecule has 1 fully saturated rings. The summed E-state index contributed by atoms with van der Waals surface area (Å²) in [6, 6.07) is 21.1. The van der Waals surface area contributed by atoms with E-state index in [9.17, 15) is 8.78 Å². The first kappa shape index (κ1) is 27.8. The molecule has 4 rings (SSSR count). The summed E-state index contributed by atoms with van der Waals surface area (Å²) in [5, 5.41) is 0. The molecule has 0 heterocycles. The standard InChI is InChI=1S/C35H40F2O/c1-3-5-6-9-26-12-18-29(19-13-26)30-20-14-27(15-21-30)10-7-8-11-28-16-22-31(23-17-28)32-24-25-33(38-4-2)35(37)34(32)36/h3,5,8,11-15,18-21,24-25,28,31H,4,6-7,9-10,16-17,22-23H2,1-2H3/b5-3+,11-8+. The summed E-state index contributed by atoms with van der Waals surface area (Å²) in [5.41, 5.74) is 5.73. The quantitative estimate of drug-likeness (QED) is 0.231. The highest BCUT2D eigenvalue weighted by Gasteiger charge is 2.25. The van der Waals surface area contributed by atoms with E-state index in [1.807, 2.05) is 0 Å². The number of aryl methyl sites for hydroxylation is 2. The maximum Gasteiger partial charge on any atom is 0.200 e. The second kappa shape index (κ2) is 14.1. The number of ether oxygens (including phenoxy) is 1. The van der Waals surface area contributed by atoms with E-state index < -0.39 is 11.6 Å². The molecule has 0 bridgehead atoms. The molecule has 1 saturated carbocycles. The van der Waals surface area contributed by atoms with Gasteiger partial charge in [0, 0.05) is 0 Å². The topological polar surface area (TPSA) is 9.23 Å². The van der Waals surface area contributed by atoms with Crippen molar-refractivity contribution in [2.24, 2.45) is 5.92 Å². The minimum atomic E-state index is -0.854. The van der Waals surface area contributed by atoms with Crippen molar-refractivity contribution in [3.8, 4) is 16.9 Å². The zero-order valence-electron chi connectivity index (χ0n) is 22.8. The number of halogens is 2. The summed E-state index contributed by atoms with van der Waals surface area (Å²) in [7, 11) is 0. The molecule has 0 radical (unpaired) electrons. The molecule has 1 nitrogen and oxygen atoms in total. The van der Waals surface area contributed by atoms with E-state index in [1.165, 1.54) is 22.3 Å². The molecule has 0 unspecified atom stereocenters. The highest BCUT2D eigenvalue weighted by atomic mass is 19.2. The summed E-state index contributed by atoms with van der Waals surface area (Å²) >= 11 is 0. The van der Waals surface area contributed by atoms with Crippen LogP contribution in [0.15, 0.2) is 85.0 Å². The highest BCUT2D eigenvalue weighted by Crippen LogP contribution is 2.39. The Morgan fingerprint density at radius 3 is 1.87 bits per heavy atom. The largest absolute Gasteiger partial charge is 0.491 e. The summed E-state index contributed by atoms with van der Waals surface area (Å²) in [6.07, 6.45) is 16.9. The van der Waals surface area contributed by atoms with Gasteiger partial charge < -0.3 is 4.74 Å². The van der Waals surface area contributed by atoms with Gasteiger partial charge in [-0.1, -0.05) is 78.9 Å². The average molecular weight is 515 g/mol. The van der Waals surface area contributed by atoms with Crippen molar-refractivity contribution in [1.82, 2.24) is 0 Å². The number of allylic oxidation sites excluding steroid dienone is 4. The number of benzene rings is 3. The molecule has 1 aliphatic carbocycles. The van der Waals surface area contributed by atoms with Gasteiger partial charge in [-0.25, -0.2) is 4.39 Å². The lowest BCUT2D eigenvalue weighted by Crippen LogP contribution is -2.14. The molecule has 3 heteroatoms. The minimum absolute atomic E-state index is 0.00451. The maximum atomic E-state index is 14.6. The number of rotatable bonds is 11. The summed E-state index contributed by atoms with van der Waals surface area (Å²) in [4.78, 5) is 0. The lowest BCUT2D eigenvalue weighted by atomic mass is 9.78. The van der Waals surface area contributed by atoms with Crippen LogP contribution >= 0.6 is 0 Å². The van der Waals surface area contributed by atoms with E-state index in [4.69, 9.17) is 4.74 Å². The lowest BCUT2D eigenvalue weighted by molar-refractivity contribution is 0.310. The zero-order chi connectivity index (χ0) is 26.7. The van der Waals surface area contributed by atoms with Crippen LogP contribution in [0, 0.1) is 17.6 Å². The third kappa shape index (κ3) is 7.43. The van der Waals surface area contributed by atoms with E-state index in [0.29, 0.717) is 18.1 Å². The van der Waals surface area contributed by atoms with Gasteiger partial charge in [0.15, 0.2) is 11.6 Å². The van der Waals surface area contributed by atoms with Gasteiger partial charge in [0.05, 0.1) is 6.61 Å². The van der Waals surface area contributed by atoms with Crippen molar-refractivity contribution >= 4 is 0 Å². The van der Waals surface area contributed by atoms with Crippen LogP contribution in [0.1, 0.15) is 75.0 Å². The Bertz CT molecular complexity index is 1200. The van der Waals surface area contributed by atoms with Gasteiger partial charge in [0.25, 0.3) is 0 Å². The van der Waals surface area contributed by atoms with Crippen molar-refractivity contribution in [1.29, 1.82) is 0 Å². The Labute approximate surface area is 227 Å². The van der Waals surface area contributed by atoms with Gasteiger partial charge in [0.2, 0.25) is 5.82 Å². The average Bonchev–Trinajstić information content (AvgIpc) is 2.95. The molecule has 0 aromatic heterocycles. The van der Waals surface area contributed by atoms with Crippen LogP contribution in [0.5, 0.6) is 5.75 Å². The van der Waals surface area contributed by atoms with Gasteiger partial charge in [-0.3, -0.25) is 0 Å².